The van der Waals surface area contributed by atoms with Crippen LogP contribution in [0.2, 0.25) is 5.02 Å². The number of carbonyl (C=O) groups is 1. The van der Waals surface area contributed by atoms with Crippen molar-refractivity contribution in [1.82, 2.24) is 4.72 Å². The lowest BCUT2D eigenvalue weighted by Crippen LogP contribution is -2.38. The molecule has 4 nitrogen and oxygen atoms in total. The molecule has 7 heteroatoms. The Morgan fingerprint density at radius 3 is 2.09 bits per heavy atom. The number of benzene rings is 3. The highest BCUT2D eigenvalue weighted by Crippen LogP contribution is 2.36. The van der Waals surface area contributed by atoms with Gasteiger partial charge in [0.25, 0.3) is 0 Å². The number of thioether (sulfide) groups is 1. The van der Waals surface area contributed by atoms with E-state index in [4.69, 9.17) is 11.6 Å². The minimum absolute atomic E-state index is 0.0668. The van der Waals surface area contributed by atoms with Crippen molar-refractivity contribution in [2.75, 3.05) is 0 Å². The number of hydrogen-bond acceptors (Lipinski definition) is 4. The lowest BCUT2D eigenvalue weighted by molar-refractivity contribution is -0.115. The van der Waals surface area contributed by atoms with E-state index in [1.807, 2.05) is 58.0 Å². The van der Waals surface area contributed by atoms with Gasteiger partial charge in [0.1, 0.15) is 0 Å². The Morgan fingerprint density at radius 2 is 1.53 bits per heavy atom. The molecule has 0 spiro atoms. The Morgan fingerprint density at radius 1 is 0.941 bits per heavy atom. The van der Waals surface area contributed by atoms with Crippen molar-refractivity contribution in [1.29, 1.82) is 0 Å². The molecule has 0 aliphatic carbocycles. The first-order chi connectivity index (χ1) is 15.9. The first-order valence-corrected chi connectivity index (χ1v) is 13.7. The monoisotopic (exact) mass is 515 g/mol. The first kappa shape index (κ1) is 26.5. The lowest BCUT2D eigenvalue weighted by Gasteiger charge is -2.29. The summed E-state index contributed by atoms with van der Waals surface area (Å²) in [6.45, 7) is 7.83. The number of aryl methyl sites for hydroxylation is 1. The molecule has 0 saturated heterocycles. The van der Waals surface area contributed by atoms with Crippen LogP contribution < -0.4 is 4.72 Å². The largest absolute Gasteiger partial charge is 0.287 e. The van der Waals surface area contributed by atoms with Crippen LogP contribution >= 0.6 is 23.4 Å². The highest BCUT2D eigenvalue weighted by atomic mass is 35.5. The van der Waals surface area contributed by atoms with E-state index in [2.05, 4.69) is 4.72 Å². The van der Waals surface area contributed by atoms with Crippen LogP contribution in [0, 0.1) is 12.8 Å². The van der Waals surface area contributed by atoms with Crippen LogP contribution in [0.3, 0.4) is 0 Å². The zero-order valence-corrected chi connectivity index (χ0v) is 22.2. The molecule has 0 radical (unpaired) electrons. The van der Waals surface area contributed by atoms with E-state index in [9.17, 15) is 13.2 Å². The fourth-order valence-corrected chi connectivity index (χ4v) is 5.95. The van der Waals surface area contributed by atoms with Gasteiger partial charge < -0.3 is 0 Å². The van der Waals surface area contributed by atoms with Crippen LogP contribution in [-0.4, -0.2) is 18.3 Å². The maximum Gasteiger partial charge on any atom is 0.241 e. The third-order valence-electron chi connectivity index (χ3n) is 5.25. The molecule has 0 fully saturated rings. The predicted octanol–water partition coefficient (Wildman–Crippen LogP) is 6.59. The Hall–Kier alpha value is -2.12. The molecule has 0 saturated carbocycles. The van der Waals surface area contributed by atoms with Gasteiger partial charge in [-0.05, 0) is 48.7 Å². The third kappa shape index (κ3) is 7.44. The van der Waals surface area contributed by atoms with Gasteiger partial charge in [0.05, 0.1) is 16.9 Å². The number of hydrogen-bond donors (Lipinski definition) is 1. The third-order valence-corrected chi connectivity index (χ3v) is 8.08. The van der Waals surface area contributed by atoms with E-state index < -0.39 is 22.0 Å². The van der Waals surface area contributed by atoms with Crippen molar-refractivity contribution >= 4 is 38.5 Å². The molecule has 0 aromatic heterocycles. The molecule has 2 atom stereocenters. The maximum atomic E-state index is 13.6. The van der Waals surface area contributed by atoms with Crippen LogP contribution in [0.1, 0.15) is 43.5 Å². The number of sulfonamides is 1. The molecule has 0 heterocycles. The molecule has 34 heavy (non-hydrogen) atoms. The molecule has 0 bridgehead atoms. The number of carbonyl (C=O) groups excluding carboxylic acids is 1. The van der Waals surface area contributed by atoms with Crippen LogP contribution in [0.4, 0.5) is 0 Å². The summed E-state index contributed by atoms with van der Waals surface area (Å²) in [6.07, 6.45) is 0.395. The molecule has 0 unspecified atom stereocenters. The fraction of sp³-hybridized carbons (Fsp3) is 0.296. The van der Waals surface area contributed by atoms with E-state index in [0.29, 0.717) is 17.0 Å². The molecule has 0 aliphatic heterocycles. The molecule has 3 aromatic carbocycles. The molecular formula is C27H30ClNO3S2. The maximum absolute atomic E-state index is 13.6. The van der Waals surface area contributed by atoms with Crippen LogP contribution in [0.25, 0.3) is 0 Å². The average molecular weight is 516 g/mol. The van der Waals surface area contributed by atoms with E-state index in [0.717, 1.165) is 11.1 Å². The van der Waals surface area contributed by atoms with E-state index in [1.54, 1.807) is 48.5 Å². The predicted molar refractivity (Wildman–Crippen MR) is 142 cm³/mol. The van der Waals surface area contributed by atoms with Gasteiger partial charge in [-0.15, -0.1) is 0 Å². The van der Waals surface area contributed by atoms with Gasteiger partial charge in [0.2, 0.25) is 10.0 Å². The second kappa shape index (κ2) is 11.1. The van der Waals surface area contributed by atoms with Gasteiger partial charge in [-0.3, -0.25) is 4.79 Å². The zero-order chi connectivity index (χ0) is 24.9. The number of rotatable bonds is 8. The van der Waals surface area contributed by atoms with Gasteiger partial charge in [-0.2, -0.15) is 0 Å². The normalized spacial score (nSPS) is 13.9. The van der Waals surface area contributed by atoms with E-state index >= 15 is 0 Å². The van der Waals surface area contributed by atoms with Crippen molar-refractivity contribution in [3.05, 3.63) is 101 Å². The van der Waals surface area contributed by atoms with Crippen molar-refractivity contribution in [3.63, 3.8) is 0 Å². The first-order valence-electron chi connectivity index (χ1n) is 11.1. The van der Waals surface area contributed by atoms with Crippen molar-refractivity contribution < 1.29 is 13.2 Å². The van der Waals surface area contributed by atoms with Gasteiger partial charge >= 0.3 is 0 Å². The Labute approximate surface area is 212 Å². The lowest BCUT2D eigenvalue weighted by atomic mass is 9.89. The van der Waals surface area contributed by atoms with Crippen LogP contribution in [0.15, 0.2) is 83.8 Å². The van der Waals surface area contributed by atoms with Crippen molar-refractivity contribution in [2.24, 2.45) is 5.92 Å². The van der Waals surface area contributed by atoms with Crippen LogP contribution in [-0.2, 0) is 21.2 Å². The highest BCUT2D eigenvalue weighted by molar-refractivity contribution is 8.14. The molecule has 3 rings (SSSR count). The topological polar surface area (TPSA) is 63.2 Å². The summed E-state index contributed by atoms with van der Waals surface area (Å²) in [5.74, 6) is -0.631. The zero-order valence-electron chi connectivity index (χ0n) is 19.8. The van der Waals surface area contributed by atoms with Gasteiger partial charge in [0, 0.05) is 9.77 Å². The molecule has 1 N–H and O–H groups in total. The smallest absolute Gasteiger partial charge is 0.241 e. The SMILES string of the molecule is Cc1ccc(S(=O)(=O)N[C@H](c2ccc(Cl)cc2)[C@@H](Cc2ccccc2)C(=O)SC(C)(C)C)cc1. The summed E-state index contributed by atoms with van der Waals surface area (Å²) in [4.78, 5) is 13.8. The van der Waals surface area contributed by atoms with Crippen molar-refractivity contribution in [2.45, 2.75) is 49.8 Å². The highest BCUT2D eigenvalue weighted by Gasteiger charge is 2.35. The Kier molecular flexibility index (Phi) is 8.63. The Bertz CT molecular complexity index is 1200. The number of halogens is 1. The summed E-state index contributed by atoms with van der Waals surface area (Å²) >= 11 is 7.34. The van der Waals surface area contributed by atoms with Crippen molar-refractivity contribution in [3.8, 4) is 0 Å². The minimum atomic E-state index is -3.89. The number of nitrogens with one attached hydrogen (secondary N) is 1. The van der Waals surface area contributed by atoms with Crippen LogP contribution in [0.5, 0.6) is 0 Å². The molecular weight excluding hydrogens is 486 g/mol. The standard InChI is InChI=1S/C27H30ClNO3S2/c1-19-10-16-23(17-11-19)34(31,32)29-25(21-12-14-22(28)15-13-21)24(26(30)33-27(2,3)4)18-20-8-6-5-7-9-20/h5-17,24-25,29H,18H2,1-4H3/t24-,25-/m1/s1. The quantitative estimate of drug-likeness (QED) is 0.368. The van der Waals surface area contributed by atoms with Gasteiger partial charge in [-0.1, -0.05) is 104 Å². The van der Waals surface area contributed by atoms with Gasteiger partial charge in [-0.25, -0.2) is 13.1 Å². The van der Waals surface area contributed by atoms with E-state index in [-0.39, 0.29) is 14.8 Å². The Balaban J connectivity index is 2.08. The second-order valence-corrected chi connectivity index (χ2v) is 13.3. The molecule has 0 aliphatic rings. The molecule has 0 amide bonds. The summed E-state index contributed by atoms with van der Waals surface area (Å²) in [7, 11) is -3.89. The summed E-state index contributed by atoms with van der Waals surface area (Å²) in [6, 6.07) is 22.5. The molecule has 180 valence electrons. The van der Waals surface area contributed by atoms with E-state index in [1.165, 1.54) is 11.8 Å². The summed E-state index contributed by atoms with van der Waals surface area (Å²) in [5, 5.41) is 0.474. The summed E-state index contributed by atoms with van der Waals surface area (Å²) < 4.78 is 29.3. The summed E-state index contributed by atoms with van der Waals surface area (Å²) in [5.41, 5.74) is 2.61. The average Bonchev–Trinajstić information content (AvgIpc) is 2.76. The second-order valence-electron chi connectivity index (χ2n) is 9.29. The van der Waals surface area contributed by atoms with Gasteiger partial charge in [0.15, 0.2) is 5.12 Å². The molecule has 3 aromatic rings. The fourth-order valence-electron chi connectivity index (χ4n) is 3.59. The minimum Gasteiger partial charge on any atom is -0.287 e.